The van der Waals surface area contributed by atoms with Gasteiger partial charge in [0.1, 0.15) is 0 Å². The number of hydrogen-bond acceptors (Lipinski definition) is 6. The molecular formula is C33H19F3O4S2. The molecule has 0 bridgehead atoms. The van der Waals surface area contributed by atoms with E-state index in [0.717, 1.165) is 43.5 Å². The summed E-state index contributed by atoms with van der Waals surface area (Å²) in [5, 5.41) is 0. The van der Waals surface area contributed by atoms with Gasteiger partial charge >= 0.3 is 6.18 Å². The van der Waals surface area contributed by atoms with Crippen LogP contribution in [-0.2, 0) is 21.2 Å². The Morgan fingerprint density at radius 1 is 0.643 bits per heavy atom. The molecule has 42 heavy (non-hydrogen) atoms. The number of hydrogen-bond donors (Lipinski definition) is 0. The highest BCUT2D eigenvalue weighted by Gasteiger charge is 2.41. The quantitative estimate of drug-likeness (QED) is 0.172. The van der Waals surface area contributed by atoms with Gasteiger partial charge in [0.05, 0.1) is 5.56 Å². The Morgan fingerprint density at radius 3 is 1.62 bits per heavy atom. The Morgan fingerprint density at radius 2 is 1.12 bits per heavy atom. The molecule has 0 atom stereocenters. The number of thiophene rings is 2. The van der Waals surface area contributed by atoms with Crippen molar-refractivity contribution in [1.82, 2.24) is 0 Å². The van der Waals surface area contributed by atoms with Gasteiger partial charge in [-0.2, -0.15) is 13.2 Å². The molecule has 0 fully saturated rings. The lowest BCUT2D eigenvalue weighted by Gasteiger charge is -2.19. The molecule has 2 heterocycles. The summed E-state index contributed by atoms with van der Waals surface area (Å²) in [5.74, 6) is -2.79. The monoisotopic (exact) mass is 600 g/mol. The van der Waals surface area contributed by atoms with Crippen molar-refractivity contribution in [3.05, 3.63) is 103 Å². The van der Waals surface area contributed by atoms with E-state index in [1.165, 1.54) is 28.7 Å². The molecule has 0 radical (unpaired) electrons. The third kappa shape index (κ3) is 3.73. The number of fused-ring (bicyclic) bond motifs is 5. The topological polar surface area (TPSA) is 68.3 Å². The molecule has 0 unspecified atom stereocenters. The minimum atomic E-state index is -4.62. The number of alkyl halides is 3. The molecule has 4 nitrogen and oxygen atoms in total. The van der Waals surface area contributed by atoms with E-state index in [4.69, 9.17) is 0 Å². The van der Waals surface area contributed by atoms with Crippen LogP contribution in [0.25, 0.3) is 33.1 Å². The SMILES string of the molecule is Cc1ccc2c(c1)C(=O)C(=O)/C2=C\c1cc2c(s1)-c1sc(/C=C3\C(=O)C(=O)c4cc(C(F)(F)F)ccc43)cc1C2(C)C. The Bertz CT molecular complexity index is 2030. The van der Waals surface area contributed by atoms with Crippen LogP contribution in [0.5, 0.6) is 0 Å². The summed E-state index contributed by atoms with van der Waals surface area (Å²) in [4.78, 5) is 54.3. The lowest BCUT2D eigenvalue weighted by atomic mass is 9.83. The Kier molecular flexibility index (Phi) is 5.50. The fourth-order valence-corrected chi connectivity index (χ4v) is 8.58. The predicted molar refractivity (Wildman–Crippen MR) is 157 cm³/mol. The number of Topliss-reactive ketones (excluding diaryl/α,β-unsaturated/α-hetero) is 4. The maximum absolute atomic E-state index is 13.2. The zero-order valence-corrected chi connectivity index (χ0v) is 24.0. The van der Waals surface area contributed by atoms with Crippen molar-refractivity contribution >= 4 is 69.1 Å². The van der Waals surface area contributed by atoms with Crippen molar-refractivity contribution in [2.75, 3.05) is 0 Å². The third-order valence-corrected chi connectivity index (χ3v) is 10.4. The van der Waals surface area contributed by atoms with E-state index in [1.807, 2.05) is 25.1 Å². The Labute approximate surface area is 245 Å². The van der Waals surface area contributed by atoms with Crippen LogP contribution in [0.3, 0.4) is 0 Å². The van der Waals surface area contributed by atoms with Crippen LogP contribution in [-0.4, -0.2) is 23.1 Å². The first-order valence-electron chi connectivity index (χ1n) is 13.0. The van der Waals surface area contributed by atoms with Gasteiger partial charge in [-0.05, 0) is 71.7 Å². The van der Waals surface area contributed by atoms with Crippen molar-refractivity contribution in [3.8, 4) is 9.75 Å². The summed E-state index contributed by atoms with van der Waals surface area (Å²) in [6.07, 6.45) is -1.27. The first-order chi connectivity index (χ1) is 19.8. The molecule has 9 heteroatoms. The first kappa shape index (κ1) is 26.7. The molecule has 4 aromatic rings. The van der Waals surface area contributed by atoms with Crippen LogP contribution in [0.2, 0.25) is 0 Å². The summed E-state index contributed by atoms with van der Waals surface area (Å²) in [7, 11) is 0. The van der Waals surface area contributed by atoms with E-state index in [9.17, 15) is 32.3 Å². The van der Waals surface area contributed by atoms with Gasteiger partial charge in [-0.1, -0.05) is 37.6 Å². The van der Waals surface area contributed by atoms with Gasteiger partial charge in [0.15, 0.2) is 0 Å². The maximum Gasteiger partial charge on any atom is 0.416 e. The Hall–Kier alpha value is -4.21. The second-order valence-electron chi connectivity index (χ2n) is 11.1. The van der Waals surface area contributed by atoms with E-state index < -0.39 is 40.3 Å². The average Bonchev–Trinajstić information content (AvgIpc) is 3.69. The van der Waals surface area contributed by atoms with Gasteiger partial charge in [0, 0.05) is 47.2 Å². The second-order valence-corrected chi connectivity index (χ2v) is 13.3. The Balaban J connectivity index is 1.28. The predicted octanol–water partition coefficient (Wildman–Crippen LogP) is 8.06. The summed E-state index contributed by atoms with van der Waals surface area (Å²) >= 11 is 2.94. The molecular weight excluding hydrogens is 581 g/mol. The molecule has 3 aliphatic carbocycles. The average molecular weight is 601 g/mol. The highest BCUT2D eigenvalue weighted by Crippen LogP contribution is 2.56. The summed E-state index contributed by atoms with van der Waals surface area (Å²) < 4.78 is 39.6. The molecule has 7 rings (SSSR count). The normalized spacial score (nSPS) is 18.7. The fraction of sp³-hybridized carbons (Fsp3) is 0.152. The zero-order valence-electron chi connectivity index (χ0n) is 22.4. The van der Waals surface area contributed by atoms with Crippen molar-refractivity contribution in [2.24, 2.45) is 0 Å². The minimum Gasteiger partial charge on any atom is -0.285 e. The summed E-state index contributed by atoms with van der Waals surface area (Å²) in [5.41, 5.74) is 3.12. The van der Waals surface area contributed by atoms with Gasteiger partial charge in [-0.15, -0.1) is 22.7 Å². The number of rotatable bonds is 2. The van der Waals surface area contributed by atoms with Gasteiger partial charge in [-0.25, -0.2) is 0 Å². The first-order valence-corrected chi connectivity index (χ1v) is 14.6. The smallest absolute Gasteiger partial charge is 0.285 e. The highest BCUT2D eigenvalue weighted by atomic mass is 32.1. The van der Waals surface area contributed by atoms with E-state index in [1.54, 1.807) is 24.3 Å². The second kappa shape index (κ2) is 8.65. The van der Waals surface area contributed by atoms with Crippen molar-refractivity contribution in [2.45, 2.75) is 32.4 Å². The van der Waals surface area contributed by atoms with Crippen LogP contribution >= 0.6 is 22.7 Å². The number of halogens is 3. The summed E-state index contributed by atoms with van der Waals surface area (Å²) in [6.45, 7) is 6.02. The highest BCUT2D eigenvalue weighted by molar-refractivity contribution is 7.23. The van der Waals surface area contributed by atoms with Crippen molar-refractivity contribution in [1.29, 1.82) is 0 Å². The van der Waals surface area contributed by atoms with Gasteiger partial charge in [-0.3, -0.25) is 19.2 Å². The lowest BCUT2D eigenvalue weighted by Crippen LogP contribution is -2.13. The summed E-state index contributed by atoms with van der Waals surface area (Å²) in [6, 6.07) is 12.2. The van der Waals surface area contributed by atoms with Crippen LogP contribution in [0.15, 0.2) is 48.5 Å². The molecule has 2 aromatic heterocycles. The molecule has 3 aliphatic rings. The lowest BCUT2D eigenvalue weighted by molar-refractivity contribution is -0.137. The fourth-order valence-electron chi connectivity index (χ4n) is 5.90. The molecule has 0 amide bonds. The number of allylic oxidation sites excluding steroid dienone is 2. The van der Waals surface area contributed by atoms with Gasteiger partial charge in [0.2, 0.25) is 23.1 Å². The maximum atomic E-state index is 13.2. The van der Waals surface area contributed by atoms with Gasteiger partial charge < -0.3 is 0 Å². The van der Waals surface area contributed by atoms with E-state index in [-0.39, 0.29) is 16.7 Å². The largest absolute Gasteiger partial charge is 0.416 e. The van der Waals surface area contributed by atoms with Gasteiger partial charge in [0.25, 0.3) is 0 Å². The van der Waals surface area contributed by atoms with E-state index >= 15 is 0 Å². The molecule has 0 spiro atoms. The van der Waals surface area contributed by atoms with Crippen LogP contribution in [0.4, 0.5) is 13.2 Å². The standard InChI is InChI=1S/C33H19F3O4S2/c1-14-4-6-18-20(8-14)26(37)28(39)22(18)10-16-12-24-30(41-16)31-25(32(24,2)3)13-17(42-31)11-23-19-7-5-15(33(34,35)36)9-21(19)27(38)29(23)40/h4-13H,1-3H3/b22-10-,23-11-. The number of benzene rings is 2. The number of aryl methyl sites for hydroxylation is 1. The van der Waals surface area contributed by atoms with Crippen LogP contribution < -0.4 is 0 Å². The molecule has 2 aromatic carbocycles. The molecule has 208 valence electrons. The molecule has 0 saturated carbocycles. The van der Waals surface area contributed by atoms with E-state index in [0.29, 0.717) is 21.6 Å². The van der Waals surface area contributed by atoms with Crippen molar-refractivity contribution in [3.63, 3.8) is 0 Å². The molecule has 0 aliphatic heterocycles. The number of carbonyl (C=O) groups is 4. The van der Waals surface area contributed by atoms with Crippen LogP contribution in [0.1, 0.15) is 77.7 Å². The minimum absolute atomic E-state index is 0.0802. The zero-order chi connectivity index (χ0) is 29.9. The third-order valence-electron chi connectivity index (χ3n) is 8.12. The van der Waals surface area contributed by atoms with Crippen molar-refractivity contribution < 1.29 is 32.3 Å². The molecule has 0 saturated heterocycles. The number of carbonyl (C=O) groups excluding carboxylic acids is 4. The van der Waals surface area contributed by atoms with Crippen LogP contribution in [0, 0.1) is 6.92 Å². The van der Waals surface area contributed by atoms with E-state index in [2.05, 4.69) is 13.8 Å². The molecule has 0 N–H and O–H groups in total. The number of ketones is 4.